The first-order valence-electron chi connectivity index (χ1n) is 10.6. The number of ketones is 1. The van der Waals surface area contributed by atoms with Crippen molar-refractivity contribution >= 4 is 17.4 Å². The maximum atomic E-state index is 13.0. The number of aliphatic hydroxyl groups excluding tert-OH is 1. The highest BCUT2D eigenvalue weighted by Crippen LogP contribution is 2.40. The van der Waals surface area contributed by atoms with Gasteiger partial charge in [-0.25, -0.2) is 0 Å². The number of aliphatic hydroxyl groups is 1. The number of ether oxygens (including phenoxy) is 1. The molecule has 2 aromatic rings. The summed E-state index contributed by atoms with van der Waals surface area (Å²) in [6.45, 7) is 9.04. The molecule has 0 aliphatic carbocycles. The van der Waals surface area contributed by atoms with E-state index in [1.165, 1.54) is 12.0 Å². The number of carbonyl (C=O) groups is 2. The number of amides is 1. The number of aryl methyl sites for hydroxylation is 1. The predicted molar refractivity (Wildman–Crippen MR) is 118 cm³/mol. The molecular weight excluding hydrogens is 396 g/mol. The van der Waals surface area contributed by atoms with Crippen molar-refractivity contribution in [3.8, 4) is 5.75 Å². The number of nitrogens with zero attached hydrogens (tertiary/aromatic N) is 2. The van der Waals surface area contributed by atoms with E-state index in [0.717, 1.165) is 19.6 Å². The molecule has 0 bridgehead atoms. The topological polar surface area (TPSA) is 83.2 Å². The fourth-order valence-corrected chi connectivity index (χ4v) is 3.94. The van der Waals surface area contributed by atoms with E-state index < -0.39 is 17.7 Å². The van der Waals surface area contributed by atoms with E-state index in [0.29, 0.717) is 35.8 Å². The molecule has 1 aliphatic rings. The van der Waals surface area contributed by atoms with Crippen LogP contribution in [0.5, 0.6) is 5.75 Å². The quantitative estimate of drug-likeness (QED) is 0.374. The third kappa shape index (κ3) is 4.66. The van der Waals surface area contributed by atoms with Crippen LogP contribution in [-0.4, -0.2) is 59.9 Å². The lowest BCUT2D eigenvalue weighted by Crippen LogP contribution is -2.33. The van der Waals surface area contributed by atoms with Crippen molar-refractivity contribution in [2.75, 3.05) is 33.3 Å². The molecule has 1 aromatic heterocycles. The van der Waals surface area contributed by atoms with Gasteiger partial charge in [0.1, 0.15) is 29.1 Å². The van der Waals surface area contributed by atoms with E-state index >= 15 is 0 Å². The van der Waals surface area contributed by atoms with E-state index in [9.17, 15) is 14.7 Å². The summed E-state index contributed by atoms with van der Waals surface area (Å²) >= 11 is 0. The van der Waals surface area contributed by atoms with Crippen LogP contribution in [0.2, 0.25) is 0 Å². The van der Waals surface area contributed by atoms with E-state index in [1.54, 1.807) is 43.3 Å². The monoisotopic (exact) mass is 426 g/mol. The second-order valence-electron chi connectivity index (χ2n) is 7.55. The maximum Gasteiger partial charge on any atom is 0.295 e. The van der Waals surface area contributed by atoms with Crippen molar-refractivity contribution in [3.05, 3.63) is 59.1 Å². The second kappa shape index (κ2) is 9.83. The van der Waals surface area contributed by atoms with Crippen LogP contribution < -0.4 is 4.74 Å². The molecule has 7 heteroatoms. The summed E-state index contributed by atoms with van der Waals surface area (Å²) in [6, 6.07) is 9.55. The van der Waals surface area contributed by atoms with E-state index in [2.05, 4.69) is 18.7 Å². The van der Waals surface area contributed by atoms with Gasteiger partial charge in [-0.15, -0.1) is 0 Å². The van der Waals surface area contributed by atoms with Gasteiger partial charge in [-0.1, -0.05) is 26.0 Å². The summed E-state index contributed by atoms with van der Waals surface area (Å²) in [7, 11) is 1.53. The smallest absolute Gasteiger partial charge is 0.295 e. The van der Waals surface area contributed by atoms with Crippen LogP contribution in [0.3, 0.4) is 0 Å². The minimum atomic E-state index is -0.767. The van der Waals surface area contributed by atoms with Crippen LogP contribution in [0, 0.1) is 6.92 Å². The van der Waals surface area contributed by atoms with Crippen molar-refractivity contribution in [1.82, 2.24) is 9.80 Å². The van der Waals surface area contributed by atoms with Gasteiger partial charge < -0.3 is 24.1 Å². The van der Waals surface area contributed by atoms with Gasteiger partial charge in [0.25, 0.3) is 11.7 Å². The number of methoxy groups -OCH3 is 1. The lowest BCUT2D eigenvalue weighted by atomic mass is 9.99. The molecule has 1 N–H and O–H groups in total. The van der Waals surface area contributed by atoms with Crippen molar-refractivity contribution in [2.24, 2.45) is 0 Å². The highest BCUT2D eigenvalue weighted by Gasteiger charge is 2.47. The molecule has 0 saturated carbocycles. The molecule has 3 rings (SSSR count). The lowest BCUT2D eigenvalue weighted by Gasteiger charge is -2.25. The molecule has 166 valence electrons. The number of hydrogen-bond acceptors (Lipinski definition) is 6. The normalized spacial score (nSPS) is 18.2. The average molecular weight is 427 g/mol. The van der Waals surface area contributed by atoms with Crippen LogP contribution in [0.4, 0.5) is 0 Å². The highest BCUT2D eigenvalue weighted by atomic mass is 16.5. The molecule has 1 saturated heterocycles. The van der Waals surface area contributed by atoms with Gasteiger partial charge in [-0.05, 0) is 57.2 Å². The number of benzene rings is 1. The lowest BCUT2D eigenvalue weighted by molar-refractivity contribution is -0.140. The second-order valence-corrected chi connectivity index (χ2v) is 7.55. The fraction of sp³-hybridized carbons (Fsp3) is 0.417. The van der Waals surface area contributed by atoms with Gasteiger partial charge in [0.05, 0.1) is 12.7 Å². The third-order valence-corrected chi connectivity index (χ3v) is 5.68. The summed E-state index contributed by atoms with van der Waals surface area (Å²) < 4.78 is 11.0. The number of furan rings is 1. The zero-order chi connectivity index (χ0) is 22.5. The van der Waals surface area contributed by atoms with Gasteiger partial charge in [0, 0.05) is 12.1 Å². The minimum absolute atomic E-state index is 0.0374. The SMILES string of the molecule is CCN(CC)CCCN1C(=O)C(=O)/C(=C(/O)c2cccc(OC)c2)C1c1ccc(C)o1. The van der Waals surface area contributed by atoms with E-state index in [1.807, 2.05) is 0 Å². The molecular formula is C24H30N2O5. The van der Waals surface area contributed by atoms with Gasteiger partial charge in [-0.3, -0.25) is 9.59 Å². The molecule has 2 heterocycles. The molecule has 0 spiro atoms. The van der Waals surface area contributed by atoms with Crippen LogP contribution in [-0.2, 0) is 9.59 Å². The van der Waals surface area contributed by atoms with Gasteiger partial charge in [0.15, 0.2) is 0 Å². The summed E-state index contributed by atoms with van der Waals surface area (Å²) in [5.41, 5.74) is 0.448. The summed E-state index contributed by atoms with van der Waals surface area (Å²) in [4.78, 5) is 29.7. The molecule has 1 aliphatic heterocycles. The molecule has 0 radical (unpaired) electrons. The van der Waals surface area contributed by atoms with Crippen LogP contribution in [0.15, 0.2) is 46.4 Å². The number of rotatable bonds is 9. The van der Waals surface area contributed by atoms with Gasteiger partial charge >= 0.3 is 0 Å². The number of likely N-dealkylation sites (tertiary alicyclic amines) is 1. The van der Waals surface area contributed by atoms with Crippen molar-refractivity contribution in [2.45, 2.75) is 33.2 Å². The van der Waals surface area contributed by atoms with Gasteiger partial charge in [-0.2, -0.15) is 0 Å². The zero-order valence-electron chi connectivity index (χ0n) is 18.6. The molecule has 1 atom stereocenters. The molecule has 1 unspecified atom stereocenters. The molecule has 1 amide bonds. The van der Waals surface area contributed by atoms with Crippen molar-refractivity contribution in [3.63, 3.8) is 0 Å². The third-order valence-electron chi connectivity index (χ3n) is 5.68. The molecule has 1 aromatic carbocycles. The van der Waals surface area contributed by atoms with Crippen molar-refractivity contribution < 1.29 is 23.8 Å². The van der Waals surface area contributed by atoms with Crippen LogP contribution in [0.1, 0.15) is 43.4 Å². The van der Waals surface area contributed by atoms with Crippen LogP contribution in [0.25, 0.3) is 5.76 Å². The maximum absolute atomic E-state index is 13.0. The Bertz CT molecular complexity index is 974. The Balaban J connectivity index is 2.01. The van der Waals surface area contributed by atoms with Crippen molar-refractivity contribution in [1.29, 1.82) is 0 Å². The first kappa shape index (κ1) is 22.6. The zero-order valence-corrected chi connectivity index (χ0v) is 18.6. The minimum Gasteiger partial charge on any atom is -0.507 e. The Morgan fingerprint density at radius 1 is 1.19 bits per heavy atom. The summed E-state index contributed by atoms with van der Waals surface area (Å²) in [5, 5.41) is 11.0. The van der Waals surface area contributed by atoms with E-state index in [-0.39, 0.29) is 11.3 Å². The Morgan fingerprint density at radius 3 is 2.55 bits per heavy atom. The number of carbonyl (C=O) groups excluding carboxylic acids is 2. The Morgan fingerprint density at radius 2 is 1.94 bits per heavy atom. The molecule has 1 fully saturated rings. The van der Waals surface area contributed by atoms with Gasteiger partial charge in [0.2, 0.25) is 0 Å². The number of Topliss-reactive ketones (excluding diaryl/α,β-unsaturated/α-hetero) is 1. The molecule has 7 nitrogen and oxygen atoms in total. The largest absolute Gasteiger partial charge is 0.507 e. The predicted octanol–water partition coefficient (Wildman–Crippen LogP) is 3.75. The summed E-state index contributed by atoms with van der Waals surface area (Å²) in [6.07, 6.45) is 0.712. The van der Waals surface area contributed by atoms with E-state index in [4.69, 9.17) is 9.15 Å². The first-order chi connectivity index (χ1) is 14.9. The standard InChI is InChI=1S/C24H30N2O5/c1-5-25(6-2)13-8-14-26-21(19-12-11-16(3)31-19)20(23(28)24(26)29)22(27)17-9-7-10-18(15-17)30-4/h7,9-12,15,21,27H,5-6,8,13-14H2,1-4H3/b22-20+. The Kier molecular flexibility index (Phi) is 7.17. The molecule has 31 heavy (non-hydrogen) atoms. The summed E-state index contributed by atoms with van der Waals surface area (Å²) in [5.74, 6) is 0.116. The Hall–Kier alpha value is -3.06. The highest BCUT2D eigenvalue weighted by molar-refractivity contribution is 6.46. The first-order valence-corrected chi connectivity index (χ1v) is 10.6. The fourth-order valence-electron chi connectivity index (χ4n) is 3.94. The van der Waals surface area contributed by atoms with Crippen LogP contribution >= 0.6 is 0 Å². The Labute approximate surface area is 182 Å². The average Bonchev–Trinajstić information content (AvgIpc) is 3.32. The number of hydrogen-bond donors (Lipinski definition) is 1.